The molecule has 0 unspecified atom stereocenters. The van der Waals surface area contributed by atoms with Gasteiger partial charge in [-0.15, -0.1) is 11.8 Å². The minimum atomic E-state index is -3.35. The molecule has 0 saturated heterocycles. The van der Waals surface area contributed by atoms with Crippen molar-refractivity contribution in [2.75, 3.05) is 6.26 Å². The number of sulfone groups is 1. The Hall–Kier alpha value is -3.11. The molecule has 0 saturated carbocycles. The van der Waals surface area contributed by atoms with Gasteiger partial charge in [0.2, 0.25) is 0 Å². The molecule has 8 nitrogen and oxygen atoms in total. The number of aryl methyl sites for hydroxylation is 2. The zero-order chi connectivity index (χ0) is 22.6. The normalized spacial score (nSPS) is 11.2. The van der Waals surface area contributed by atoms with Gasteiger partial charge in [0, 0.05) is 28.0 Å². The molecule has 0 atom stereocenters. The van der Waals surface area contributed by atoms with E-state index < -0.39 is 21.7 Å². The van der Waals surface area contributed by atoms with E-state index in [4.69, 9.17) is 4.52 Å². The van der Waals surface area contributed by atoms with Crippen LogP contribution < -0.4 is 10.9 Å². The molecular formula is C21H21N3O5S2. The summed E-state index contributed by atoms with van der Waals surface area (Å²) in [5, 5.41) is 3.93. The first kappa shape index (κ1) is 22.6. The van der Waals surface area contributed by atoms with Gasteiger partial charge in [-0.2, -0.15) is 0 Å². The molecule has 162 valence electrons. The Balaban J connectivity index is 1.65. The number of benzene rings is 2. The molecule has 10 heteroatoms. The van der Waals surface area contributed by atoms with Crippen LogP contribution in [0.3, 0.4) is 0 Å². The first-order valence-electron chi connectivity index (χ1n) is 9.21. The Morgan fingerprint density at radius 2 is 1.65 bits per heavy atom. The van der Waals surface area contributed by atoms with Gasteiger partial charge >= 0.3 is 0 Å². The van der Waals surface area contributed by atoms with Crippen LogP contribution in [0, 0.1) is 13.8 Å². The predicted octanol–water partition coefficient (Wildman–Crippen LogP) is 3.06. The molecule has 0 aliphatic rings. The lowest BCUT2D eigenvalue weighted by Gasteiger charge is -2.11. The minimum absolute atomic E-state index is 0.109. The quantitative estimate of drug-likeness (QED) is 0.430. The van der Waals surface area contributed by atoms with Crippen molar-refractivity contribution in [1.29, 1.82) is 0 Å². The lowest BCUT2D eigenvalue weighted by Crippen LogP contribution is -2.41. The zero-order valence-electron chi connectivity index (χ0n) is 17.1. The molecule has 0 radical (unpaired) electrons. The Labute approximate surface area is 184 Å². The molecular weight excluding hydrogens is 438 g/mol. The number of nitrogens with zero attached hydrogens (tertiary/aromatic N) is 1. The second-order valence-corrected chi connectivity index (χ2v) is 9.83. The van der Waals surface area contributed by atoms with E-state index in [9.17, 15) is 18.0 Å². The monoisotopic (exact) mass is 459 g/mol. The van der Waals surface area contributed by atoms with E-state index in [1.54, 1.807) is 12.1 Å². The summed E-state index contributed by atoms with van der Waals surface area (Å²) in [7, 11) is -3.35. The molecule has 3 rings (SSSR count). The van der Waals surface area contributed by atoms with Crippen molar-refractivity contribution >= 4 is 33.4 Å². The number of thioether (sulfide) groups is 1. The second kappa shape index (κ2) is 9.36. The summed E-state index contributed by atoms with van der Waals surface area (Å²) in [6.07, 6.45) is 1.09. The third kappa shape index (κ3) is 5.53. The van der Waals surface area contributed by atoms with Crippen LogP contribution in [-0.2, 0) is 15.6 Å². The molecule has 0 bridgehead atoms. The third-order valence-electron chi connectivity index (χ3n) is 4.52. The number of hydrazine groups is 1. The lowest BCUT2D eigenvalue weighted by atomic mass is 10.2. The average molecular weight is 460 g/mol. The van der Waals surface area contributed by atoms with Crippen molar-refractivity contribution in [1.82, 2.24) is 16.0 Å². The lowest BCUT2D eigenvalue weighted by molar-refractivity contribution is 0.0845. The van der Waals surface area contributed by atoms with Gasteiger partial charge in [-0.05, 0) is 50.2 Å². The molecule has 0 aliphatic carbocycles. The fourth-order valence-electron chi connectivity index (χ4n) is 2.74. The van der Waals surface area contributed by atoms with Crippen molar-refractivity contribution in [3.05, 3.63) is 76.7 Å². The number of hydrogen-bond donors (Lipinski definition) is 2. The van der Waals surface area contributed by atoms with Gasteiger partial charge < -0.3 is 4.52 Å². The summed E-state index contributed by atoms with van der Waals surface area (Å²) in [5.41, 5.74) is 7.16. The van der Waals surface area contributed by atoms with E-state index in [1.165, 1.54) is 36.0 Å². The maximum Gasteiger partial charge on any atom is 0.270 e. The summed E-state index contributed by atoms with van der Waals surface area (Å²) in [5.74, 6) is 0.295. The van der Waals surface area contributed by atoms with Crippen molar-refractivity contribution in [3.63, 3.8) is 0 Å². The molecule has 31 heavy (non-hydrogen) atoms. The van der Waals surface area contributed by atoms with Gasteiger partial charge in [0.1, 0.15) is 5.76 Å². The maximum atomic E-state index is 12.6. The number of carbonyl (C=O) groups excluding carboxylic acids is 2. The number of hydrogen-bond acceptors (Lipinski definition) is 7. The highest BCUT2D eigenvalue weighted by molar-refractivity contribution is 7.98. The minimum Gasteiger partial charge on any atom is -0.361 e. The number of amides is 2. The summed E-state index contributed by atoms with van der Waals surface area (Å²) in [6.45, 7) is 3.70. The Bertz CT molecular complexity index is 1200. The van der Waals surface area contributed by atoms with Crippen LogP contribution in [0.25, 0.3) is 0 Å². The smallest absolute Gasteiger partial charge is 0.270 e. The van der Waals surface area contributed by atoms with Crippen LogP contribution in [0.4, 0.5) is 0 Å². The van der Waals surface area contributed by atoms with Gasteiger partial charge in [-0.1, -0.05) is 17.3 Å². The molecule has 1 heterocycles. The molecule has 0 fully saturated rings. The van der Waals surface area contributed by atoms with E-state index in [-0.39, 0.29) is 10.5 Å². The summed E-state index contributed by atoms with van der Waals surface area (Å²) < 4.78 is 28.2. The largest absolute Gasteiger partial charge is 0.361 e. The Morgan fingerprint density at radius 1 is 1.00 bits per heavy atom. The first-order chi connectivity index (χ1) is 14.7. The Kier molecular flexibility index (Phi) is 6.81. The van der Waals surface area contributed by atoms with E-state index in [0.717, 1.165) is 28.2 Å². The van der Waals surface area contributed by atoms with Crippen LogP contribution >= 0.6 is 11.8 Å². The summed E-state index contributed by atoms with van der Waals surface area (Å²) >= 11 is 1.47. The number of nitrogens with one attached hydrogen (secondary N) is 2. The molecule has 1 aromatic heterocycles. The van der Waals surface area contributed by atoms with Crippen molar-refractivity contribution in [2.24, 2.45) is 0 Å². The molecule has 2 N–H and O–H groups in total. The molecule has 0 aliphatic heterocycles. The zero-order valence-corrected chi connectivity index (χ0v) is 18.8. The third-order valence-corrected chi connectivity index (χ3v) is 6.75. The maximum absolute atomic E-state index is 12.6. The second-order valence-electron chi connectivity index (χ2n) is 6.79. The Morgan fingerprint density at radius 3 is 2.26 bits per heavy atom. The van der Waals surface area contributed by atoms with Crippen LogP contribution in [-0.4, -0.2) is 31.6 Å². The molecule has 0 spiro atoms. The van der Waals surface area contributed by atoms with E-state index >= 15 is 0 Å². The molecule has 2 amide bonds. The van der Waals surface area contributed by atoms with Gasteiger partial charge in [0.25, 0.3) is 11.8 Å². The van der Waals surface area contributed by atoms with Crippen LogP contribution in [0.15, 0.2) is 62.8 Å². The fraction of sp³-hybridized carbons (Fsp3) is 0.190. The highest BCUT2D eigenvalue weighted by atomic mass is 32.2. The van der Waals surface area contributed by atoms with E-state index in [2.05, 4.69) is 16.0 Å². The van der Waals surface area contributed by atoms with E-state index in [0.29, 0.717) is 11.3 Å². The van der Waals surface area contributed by atoms with Crippen LogP contribution in [0.1, 0.15) is 37.7 Å². The summed E-state index contributed by atoms with van der Waals surface area (Å²) in [4.78, 5) is 25.8. The number of carbonyl (C=O) groups is 2. The fourth-order valence-corrected chi connectivity index (χ4v) is 4.58. The average Bonchev–Trinajstić information content (AvgIpc) is 3.07. The molecule has 3 aromatic rings. The highest BCUT2D eigenvalue weighted by Crippen LogP contribution is 2.28. The van der Waals surface area contributed by atoms with E-state index in [1.807, 2.05) is 26.0 Å². The SMILES string of the molecule is Cc1noc(C)c1CSc1ccccc1C(=O)NNC(=O)c1ccc(S(C)(=O)=O)cc1. The standard InChI is InChI=1S/C21H21N3O5S2/c1-13-18(14(2)29-24-13)12-30-19-7-5-4-6-17(19)21(26)23-22-20(25)15-8-10-16(11-9-15)31(3,27)28/h4-11H,12H2,1-3H3,(H,22,25)(H,23,26). The van der Waals surface area contributed by atoms with Gasteiger partial charge in [0.05, 0.1) is 16.2 Å². The van der Waals surface area contributed by atoms with Crippen molar-refractivity contribution in [3.8, 4) is 0 Å². The van der Waals surface area contributed by atoms with Gasteiger partial charge in [-0.3, -0.25) is 20.4 Å². The van der Waals surface area contributed by atoms with Crippen molar-refractivity contribution < 1.29 is 22.5 Å². The number of aromatic nitrogens is 1. The van der Waals surface area contributed by atoms with Crippen LogP contribution in [0.2, 0.25) is 0 Å². The predicted molar refractivity (Wildman–Crippen MR) is 116 cm³/mol. The van der Waals surface area contributed by atoms with Crippen molar-refractivity contribution in [2.45, 2.75) is 29.4 Å². The van der Waals surface area contributed by atoms with Gasteiger partial charge in [0.15, 0.2) is 9.84 Å². The van der Waals surface area contributed by atoms with Gasteiger partial charge in [-0.25, -0.2) is 8.42 Å². The summed E-state index contributed by atoms with van der Waals surface area (Å²) in [6, 6.07) is 12.5. The van der Waals surface area contributed by atoms with Crippen LogP contribution in [0.5, 0.6) is 0 Å². The topological polar surface area (TPSA) is 118 Å². The molecule has 2 aromatic carbocycles. The first-order valence-corrected chi connectivity index (χ1v) is 12.1. The highest BCUT2D eigenvalue weighted by Gasteiger charge is 2.16. The number of rotatable bonds is 6.